The van der Waals surface area contributed by atoms with Crippen molar-refractivity contribution >= 4 is 0 Å². The molecule has 118 valence electrons. The lowest BCUT2D eigenvalue weighted by Gasteiger charge is -2.23. The van der Waals surface area contributed by atoms with Crippen molar-refractivity contribution in [1.29, 1.82) is 0 Å². The molecule has 0 unspecified atom stereocenters. The fraction of sp³-hybridized carbons (Fsp3) is 0.333. The molecule has 0 fully saturated rings. The number of hydrogen-bond donors (Lipinski definition) is 2. The highest BCUT2D eigenvalue weighted by Gasteiger charge is 2.21. The van der Waals surface area contributed by atoms with Gasteiger partial charge in [-0.2, -0.15) is 0 Å². The summed E-state index contributed by atoms with van der Waals surface area (Å²) in [7, 11) is 3.07. The average Bonchev–Trinajstić information content (AvgIpc) is 2.50. The van der Waals surface area contributed by atoms with E-state index in [-0.39, 0.29) is 17.4 Å². The van der Waals surface area contributed by atoms with Gasteiger partial charge in [0.15, 0.2) is 23.0 Å². The normalized spacial score (nSPS) is 11.0. The Morgan fingerprint density at radius 3 is 1.50 bits per heavy atom. The molecule has 2 aromatic carbocycles. The van der Waals surface area contributed by atoms with Gasteiger partial charge in [-0.3, -0.25) is 0 Å². The summed E-state index contributed by atoms with van der Waals surface area (Å²) < 4.78 is 10.4. The van der Waals surface area contributed by atoms with Gasteiger partial charge in [-0.15, -0.1) is 0 Å². The van der Waals surface area contributed by atoms with Crippen LogP contribution in [0.15, 0.2) is 36.4 Å². The highest BCUT2D eigenvalue weighted by molar-refractivity contribution is 5.48. The molecule has 4 heteroatoms. The van der Waals surface area contributed by atoms with Gasteiger partial charge < -0.3 is 19.7 Å². The lowest BCUT2D eigenvalue weighted by Crippen LogP contribution is -2.09. The molecule has 0 amide bonds. The first-order valence-corrected chi connectivity index (χ1v) is 7.21. The first kappa shape index (κ1) is 16.0. The molecule has 0 aliphatic rings. The summed E-state index contributed by atoms with van der Waals surface area (Å²) in [6.07, 6.45) is 0. The Hall–Kier alpha value is -2.36. The second-order valence-electron chi connectivity index (χ2n) is 5.58. The van der Waals surface area contributed by atoms with Crippen molar-refractivity contribution in [2.45, 2.75) is 19.8 Å². The first-order valence-electron chi connectivity index (χ1n) is 7.21. The van der Waals surface area contributed by atoms with Crippen molar-refractivity contribution in [2.75, 3.05) is 14.2 Å². The number of phenolic OH excluding ortho intramolecular Hbond substituents is 2. The number of rotatable bonds is 5. The topological polar surface area (TPSA) is 58.9 Å². The van der Waals surface area contributed by atoms with Crippen LogP contribution >= 0.6 is 0 Å². The summed E-state index contributed by atoms with van der Waals surface area (Å²) >= 11 is 0. The Bertz CT molecular complexity index is 596. The SMILES string of the molecule is COc1cc(C(c2ccc(O)c(OC)c2)C(C)C)ccc1O. The van der Waals surface area contributed by atoms with Crippen LogP contribution in [-0.4, -0.2) is 24.4 Å². The molecular weight excluding hydrogens is 280 g/mol. The van der Waals surface area contributed by atoms with Crippen LogP contribution in [0.2, 0.25) is 0 Å². The molecule has 22 heavy (non-hydrogen) atoms. The second kappa shape index (κ2) is 6.60. The van der Waals surface area contributed by atoms with E-state index in [1.165, 1.54) is 14.2 Å². The lowest BCUT2D eigenvalue weighted by molar-refractivity contribution is 0.371. The zero-order valence-electron chi connectivity index (χ0n) is 13.3. The van der Waals surface area contributed by atoms with Crippen molar-refractivity contribution in [2.24, 2.45) is 5.92 Å². The van der Waals surface area contributed by atoms with Gasteiger partial charge in [0, 0.05) is 5.92 Å². The third-order valence-electron chi connectivity index (χ3n) is 3.79. The summed E-state index contributed by atoms with van der Waals surface area (Å²) in [6, 6.07) is 10.8. The van der Waals surface area contributed by atoms with Crippen LogP contribution in [0, 0.1) is 5.92 Å². The van der Waals surface area contributed by atoms with E-state index in [2.05, 4.69) is 13.8 Å². The zero-order chi connectivity index (χ0) is 16.3. The van der Waals surface area contributed by atoms with E-state index in [1.807, 2.05) is 24.3 Å². The van der Waals surface area contributed by atoms with Gasteiger partial charge in [0.25, 0.3) is 0 Å². The minimum Gasteiger partial charge on any atom is -0.504 e. The molecular formula is C18H22O4. The summed E-state index contributed by atoms with van der Waals surface area (Å²) in [5.41, 5.74) is 2.08. The summed E-state index contributed by atoms with van der Waals surface area (Å²) in [4.78, 5) is 0. The number of benzene rings is 2. The number of aromatic hydroxyl groups is 2. The molecule has 2 N–H and O–H groups in total. The van der Waals surface area contributed by atoms with Gasteiger partial charge in [-0.05, 0) is 41.3 Å². The molecule has 0 saturated carbocycles. The summed E-state index contributed by atoms with van der Waals surface area (Å²) in [5, 5.41) is 19.5. The van der Waals surface area contributed by atoms with Crippen molar-refractivity contribution in [3.63, 3.8) is 0 Å². The van der Waals surface area contributed by atoms with Crippen molar-refractivity contribution in [1.82, 2.24) is 0 Å². The summed E-state index contributed by atoms with van der Waals surface area (Å²) in [5.74, 6) is 1.57. The highest BCUT2D eigenvalue weighted by atomic mass is 16.5. The quantitative estimate of drug-likeness (QED) is 0.879. The van der Waals surface area contributed by atoms with Crippen LogP contribution in [0.25, 0.3) is 0 Å². The molecule has 2 rings (SSSR count). The number of methoxy groups -OCH3 is 2. The Morgan fingerprint density at radius 2 is 1.18 bits per heavy atom. The fourth-order valence-electron chi connectivity index (χ4n) is 2.74. The molecule has 2 aromatic rings. The molecule has 0 aliphatic carbocycles. The van der Waals surface area contributed by atoms with Crippen LogP contribution < -0.4 is 9.47 Å². The maximum Gasteiger partial charge on any atom is 0.160 e. The molecule has 0 atom stereocenters. The molecule has 0 aromatic heterocycles. The fourth-order valence-corrected chi connectivity index (χ4v) is 2.74. The molecule has 0 bridgehead atoms. The maximum absolute atomic E-state index is 9.77. The van der Waals surface area contributed by atoms with Crippen molar-refractivity contribution in [3.8, 4) is 23.0 Å². The standard InChI is InChI=1S/C18H22O4/c1-11(2)18(12-5-7-14(19)16(9-12)21-3)13-6-8-15(20)17(10-13)22-4/h5-11,18-20H,1-4H3. The van der Waals surface area contributed by atoms with E-state index in [4.69, 9.17) is 9.47 Å². The van der Waals surface area contributed by atoms with E-state index >= 15 is 0 Å². The minimum atomic E-state index is 0.101. The summed E-state index contributed by atoms with van der Waals surface area (Å²) in [6.45, 7) is 4.26. The highest BCUT2D eigenvalue weighted by Crippen LogP contribution is 2.39. The Morgan fingerprint density at radius 1 is 0.773 bits per heavy atom. The van der Waals surface area contributed by atoms with E-state index in [9.17, 15) is 10.2 Å². The van der Waals surface area contributed by atoms with Gasteiger partial charge in [0.1, 0.15) is 0 Å². The average molecular weight is 302 g/mol. The number of hydrogen-bond acceptors (Lipinski definition) is 4. The smallest absolute Gasteiger partial charge is 0.160 e. The number of phenols is 2. The first-order chi connectivity index (χ1) is 10.5. The van der Waals surface area contributed by atoms with Crippen molar-refractivity contribution < 1.29 is 19.7 Å². The molecule has 0 aliphatic heterocycles. The third-order valence-corrected chi connectivity index (χ3v) is 3.79. The molecule has 4 nitrogen and oxygen atoms in total. The van der Waals surface area contributed by atoms with Gasteiger partial charge >= 0.3 is 0 Å². The Balaban J connectivity index is 2.51. The Kier molecular flexibility index (Phi) is 4.81. The molecule has 0 radical (unpaired) electrons. The third kappa shape index (κ3) is 3.11. The zero-order valence-corrected chi connectivity index (χ0v) is 13.3. The largest absolute Gasteiger partial charge is 0.504 e. The maximum atomic E-state index is 9.77. The van der Waals surface area contributed by atoms with Gasteiger partial charge in [0.2, 0.25) is 0 Å². The Labute approximate surface area is 130 Å². The van der Waals surface area contributed by atoms with Gasteiger partial charge in [0.05, 0.1) is 14.2 Å². The van der Waals surface area contributed by atoms with Crippen LogP contribution in [0.4, 0.5) is 0 Å². The van der Waals surface area contributed by atoms with Crippen LogP contribution in [0.5, 0.6) is 23.0 Å². The lowest BCUT2D eigenvalue weighted by atomic mass is 9.82. The van der Waals surface area contributed by atoms with Gasteiger partial charge in [-0.1, -0.05) is 26.0 Å². The predicted molar refractivity (Wildman–Crippen MR) is 86.0 cm³/mol. The van der Waals surface area contributed by atoms with Crippen molar-refractivity contribution in [3.05, 3.63) is 47.5 Å². The van der Waals surface area contributed by atoms with E-state index < -0.39 is 0 Å². The van der Waals surface area contributed by atoms with E-state index in [0.717, 1.165) is 11.1 Å². The van der Waals surface area contributed by atoms with Crippen LogP contribution in [0.3, 0.4) is 0 Å². The monoisotopic (exact) mass is 302 g/mol. The molecule has 0 spiro atoms. The van der Waals surface area contributed by atoms with Crippen LogP contribution in [0.1, 0.15) is 30.9 Å². The molecule has 0 heterocycles. The minimum absolute atomic E-state index is 0.101. The second-order valence-corrected chi connectivity index (χ2v) is 5.58. The van der Waals surface area contributed by atoms with E-state index in [0.29, 0.717) is 17.4 Å². The molecule has 0 saturated heterocycles. The number of ether oxygens (including phenoxy) is 2. The van der Waals surface area contributed by atoms with E-state index in [1.54, 1.807) is 12.1 Å². The predicted octanol–water partition coefficient (Wildman–Crippen LogP) is 3.90. The van der Waals surface area contributed by atoms with Gasteiger partial charge in [-0.25, -0.2) is 0 Å². The van der Waals surface area contributed by atoms with Crippen LogP contribution in [-0.2, 0) is 0 Å².